The summed E-state index contributed by atoms with van der Waals surface area (Å²) >= 11 is 0. The van der Waals surface area contributed by atoms with Crippen molar-refractivity contribution in [1.29, 1.82) is 0 Å². The van der Waals surface area contributed by atoms with Gasteiger partial charge in [0.2, 0.25) is 5.91 Å². The van der Waals surface area contributed by atoms with Crippen molar-refractivity contribution in [2.24, 2.45) is 0 Å². The third-order valence-corrected chi connectivity index (χ3v) is 3.92. The number of hydrogen-bond acceptors (Lipinski definition) is 2. The van der Waals surface area contributed by atoms with Crippen molar-refractivity contribution in [1.82, 2.24) is 5.32 Å². The van der Waals surface area contributed by atoms with Crippen LogP contribution in [0.1, 0.15) is 36.1 Å². The molecule has 0 aliphatic rings. The van der Waals surface area contributed by atoms with Crippen LogP contribution in [0.2, 0.25) is 0 Å². The number of amides is 1. The number of rotatable bonds is 6. The molecule has 0 aliphatic carbocycles. The Morgan fingerprint density at radius 2 is 1.68 bits per heavy atom. The quantitative estimate of drug-likeness (QED) is 0.831. The van der Waals surface area contributed by atoms with Crippen molar-refractivity contribution in [2.75, 3.05) is 7.11 Å². The fourth-order valence-corrected chi connectivity index (χ4v) is 2.41. The van der Waals surface area contributed by atoms with Crippen molar-refractivity contribution in [3.05, 3.63) is 65.2 Å². The summed E-state index contributed by atoms with van der Waals surface area (Å²) in [4.78, 5) is 12.0. The molecule has 134 valence electrons. The molecule has 1 atom stereocenters. The molecule has 0 fully saturated rings. The maximum absolute atomic E-state index is 12.6. The molecule has 2 rings (SSSR count). The normalized spacial score (nSPS) is 12.5. The van der Waals surface area contributed by atoms with Crippen LogP contribution in [0.15, 0.2) is 48.5 Å². The van der Waals surface area contributed by atoms with Crippen molar-refractivity contribution >= 4 is 5.91 Å². The number of ether oxygens (including phenoxy) is 1. The number of alkyl halides is 3. The van der Waals surface area contributed by atoms with Gasteiger partial charge in [-0.05, 0) is 48.7 Å². The highest BCUT2D eigenvalue weighted by Crippen LogP contribution is 2.29. The zero-order valence-electron chi connectivity index (χ0n) is 14.1. The fourth-order valence-electron chi connectivity index (χ4n) is 2.41. The molecule has 6 heteroatoms. The van der Waals surface area contributed by atoms with E-state index in [-0.39, 0.29) is 11.9 Å². The van der Waals surface area contributed by atoms with Gasteiger partial charge >= 0.3 is 6.18 Å². The third-order valence-electron chi connectivity index (χ3n) is 3.92. The summed E-state index contributed by atoms with van der Waals surface area (Å²) in [7, 11) is 1.59. The molecule has 0 bridgehead atoms. The van der Waals surface area contributed by atoms with Gasteiger partial charge in [0.25, 0.3) is 0 Å². The number of carbonyl (C=O) groups excluding carboxylic acids is 1. The first-order valence-corrected chi connectivity index (χ1v) is 7.89. The van der Waals surface area contributed by atoms with E-state index in [9.17, 15) is 18.0 Å². The van der Waals surface area contributed by atoms with Crippen LogP contribution in [-0.4, -0.2) is 13.0 Å². The molecule has 3 nitrogen and oxygen atoms in total. The van der Waals surface area contributed by atoms with E-state index in [0.29, 0.717) is 18.4 Å². The van der Waals surface area contributed by atoms with Crippen molar-refractivity contribution in [2.45, 2.75) is 32.0 Å². The standard InChI is InChI=1S/C19H20F3NO2/c1-13(15-6-8-16(9-7-15)19(20,21)22)23-18(24)12-5-14-3-10-17(25-2)11-4-14/h3-4,6-11,13H,5,12H2,1-2H3,(H,23,24)/t13-/m1/s1. The minimum atomic E-state index is -4.36. The van der Waals surface area contributed by atoms with Crippen molar-refractivity contribution in [3.8, 4) is 5.75 Å². The van der Waals surface area contributed by atoms with Crippen LogP contribution in [-0.2, 0) is 17.4 Å². The molecule has 0 spiro atoms. The second-order valence-electron chi connectivity index (χ2n) is 5.76. The molecule has 1 N–H and O–H groups in total. The number of benzene rings is 2. The third kappa shape index (κ3) is 5.52. The Bertz CT molecular complexity index is 694. The zero-order chi connectivity index (χ0) is 18.4. The number of nitrogens with one attached hydrogen (secondary N) is 1. The maximum Gasteiger partial charge on any atom is 0.416 e. The van der Waals surface area contributed by atoms with E-state index in [1.165, 1.54) is 12.1 Å². The predicted molar refractivity (Wildman–Crippen MR) is 89.3 cm³/mol. The average Bonchev–Trinajstić information content (AvgIpc) is 2.59. The van der Waals surface area contributed by atoms with Crippen LogP contribution in [0.4, 0.5) is 13.2 Å². The second-order valence-corrected chi connectivity index (χ2v) is 5.76. The van der Waals surface area contributed by atoms with Gasteiger partial charge in [-0.1, -0.05) is 24.3 Å². The summed E-state index contributed by atoms with van der Waals surface area (Å²) in [5, 5.41) is 2.80. The minimum absolute atomic E-state index is 0.150. The molecule has 0 aromatic heterocycles. The van der Waals surface area contributed by atoms with Gasteiger partial charge in [0.1, 0.15) is 5.75 Å². The van der Waals surface area contributed by atoms with Gasteiger partial charge in [-0.2, -0.15) is 13.2 Å². The van der Waals surface area contributed by atoms with Crippen molar-refractivity contribution < 1.29 is 22.7 Å². The minimum Gasteiger partial charge on any atom is -0.497 e. The first-order chi connectivity index (χ1) is 11.8. The molecule has 25 heavy (non-hydrogen) atoms. The number of aryl methyl sites for hydroxylation is 1. The average molecular weight is 351 g/mol. The molecule has 0 radical (unpaired) electrons. The lowest BCUT2D eigenvalue weighted by molar-refractivity contribution is -0.137. The molecule has 0 saturated heterocycles. The molecule has 1 amide bonds. The lowest BCUT2D eigenvalue weighted by atomic mass is 10.0. The van der Waals surface area contributed by atoms with Crippen LogP contribution < -0.4 is 10.1 Å². The number of methoxy groups -OCH3 is 1. The Morgan fingerprint density at radius 3 is 2.20 bits per heavy atom. The first-order valence-electron chi connectivity index (χ1n) is 7.89. The number of hydrogen-bond donors (Lipinski definition) is 1. The molecule has 0 aliphatic heterocycles. The molecular weight excluding hydrogens is 331 g/mol. The van der Waals surface area contributed by atoms with Gasteiger partial charge < -0.3 is 10.1 Å². The Hall–Kier alpha value is -2.50. The topological polar surface area (TPSA) is 38.3 Å². The highest BCUT2D eigenvalue weighted by atomic mass is 19.4. The van der Waals surface area contributed by atoms with E-state index in [0.717, 1.165) is 23.4 Å². The molecule has 0 saturated carbocycles. The molecular formula is C19H20F3NO2. The fraction of sp³-hybridized carbons (Fsp3) is 0.316. The van der Waals surface area contributed by atoms with Crippen molar-refractivity contribution in [3.63, 3.8) is 0 Å². The molecule has 2 aromatic rings. The molecule has 0 unspecified atom stereocenters. The summed E-state index contributed by atoms with van der Waals surface area (Å²) in [5.74, 6) is 0.604. The SMILES string of the molecule is COc1ccc(CCC(=O)N[C@H](C)c2ccc(C(F)(F)F)cc2)cc1. The zero-order valence-corrected chi connectivity index (χ0v) is 14.1. The van der Waals surface area contributed by atoms with Crippen LogP contribution in [0, 0.1) is 0 Å². The monoisotopic (exact) mass is 351 g/mol. The van der Waals surface area contributed by atoms with E-state index >= 15 is 0 Å². The van der Waals surface area contributed by atoms with Gasteiger partial charge in [-0.25, -0.2) is 0 Å². The maximum atomic E-state index is 12.6. The van der Waals surface area contributed by atoms with Crippen LogP contribution in [0.25, 0.3) is 0 Å². The predicted octanol–water partition coefficient (Wildman–Crippen LogP) is 4.52. The lowest BCUT2D eigenvalue weighted by Crippen LogP contribution is -2.26. The van der Waals surface area contributed by atoms with Gasteiger partial charge in [0.05, 0.1) is 18.7 Å². The lowest BCUT2D eigenvalue weighted by Gasteiger charge is -2.15. The van der Waals surface area contributed by atoms with Gasteiger partial charge in [-0.15, -0.1) is 0 Å². The highest BCUT2D eigenvalue weighted by molar-refractivity contribution is 5.76. The Kier molecular flexibility index (Phi) is 6.07. The van der Waals surface area contributed by atoms with Crippen LogP contribution >= 0.6 is 0 Å². The summed E-state index contributed by atoms with van der Waals surface area (Å²) in [6.07, 6.45) is -3.48. The number of halogens is 3. The highest BCUT2D eigenvalue weighted by Gasteiger charge is 2.30. The van der Waals surface area contributed by atoms with E-state index in [4.69, 9.17) is 4.74 Å². The van der Waals surface area contributed by atoms with E-state index < -0.39 is 11.7 Å². The van der Waals surface area contributed by atoms with E-state index in [1.807, 2.05) is 24.3 Å². The smallest absolute Gasteiger partial charge is 0.416 e. The van der Waals surface area contributed by atoms with Crippen LogP contribution in [0.3, 0.4) is 0 Å². The second kappa shape index (κ2) is 8.05. The Labute approximate surface area is 144 Å². The molecule has 0 heterocycles. The Morgan fingerprint density at radius 1 is 1.08 bits per heavy atom. The summed E-state index contributed by atoms with van der Waals surface area (Å²) in [6.45, 7) is 1.74. The molecule has 2 aromatic carbocycles. The first kappa shape index (κ1) is 18.8. The van der Waals surface area contributed by atoms with E-state index in [2.05, 4.69) is 5.32 Å². The van der Waals surface area contributed by atoms with Gasteiger partial charge in [-0.3, -0.25) is 4.79 Å². The summed E-state index contributed by atoms with van der Waals surface area (Å²) < 4.78 is 42.8. The van der Waals surface area contributed by atoms with Gasteiger partial charge in [0.15, 0.2) is 0 Å². The van der Waals surface area contributed by atoms with Crippen LogP contribution in [0.5, 0.6) is 5.75 Å². The number of carbonyl (C=O) groups is 1. The Balaban J connectivity index is 1.86. The summed E-state index contributed by atoms with van der Waals surface area (Å²) in [5.41, 5.74) is 0.943. The summed E-state index contributed by atoms with van der Waals surface area (Å²) in [6, 6.07) is 11.9. The van der Waals surface area contributed by atoms with E-state index in [1.54, 1.807) is 14.0 Å². The van der Waals surface area contributed by atoms with Gasteiger partial charge in [0, 0.05) is 6.42 Å². The largest absolute Gasteiger partial charge is 0.497 e.